The van der Waals surface area contributed by atoms with E-state index in [4.69, 9.17) is 0 Å². The average Bonchev–Trinajstić information content (AvgIpc) is 3.24. The van der Waals surface area contributed by atoms with Crippen LogP contribution < -0.4 is 4.90 Å². The molecule has 6 nitrogen and oxygen atoms in total. The number of rotatable bonds is 5. The van der Waals surface area contributed by atoms with Gasteiger partial charge in [-0.2, -0.15) is 0 Å². The fourth-order valence-corrected chi connectivity index (χ4v) is 4.63. The molecule has 2 saturated heterocycles. The standard InChI is InChI=1S/C26H31N3O3/c1-3-19(2)22-11-7-8-12-23(22)29-18-21(17-24(29)30)26(32)28-15-13-27(14-16-28)25(31)20-9-5-4-6-10-20/h4-12,19,21H,3,13-18H2,1-2H3. The van der Waals surface area contributed by atoms with E-state index in [1.807, 2.05) is 53.4 Å². The van der Waals surface area contributed by atoms with Crippen LogP contribution in [0.2, 0.25) is 0 Å². The Kier molecular flexibility index (Phi) is 6.58. The largest absolute Gasteiger partial charge is 0.339 e. The molecule has 0 spiro atoms. The molecule has 0 radical (unpaired) electrons. The minimum Gasteiger partial charge on any atom is -0.339 e. The summed E-state index contributed by atoms with van der Waals surface area (Å²) in [6.45, 7) is 6.77. The van der Waals surface area contributed by atoms with Crippen LogP contribution in [0.1, 0.15) is 48.5 Å². The van der Waals surface area contributed by atoms with Gasteiger partial charge in [0.15, 0.2) is 0 Å². The summed E-state index contributed by atoms with van der Waals surface area (Å²) < 4.78 is 0. The Morgan fingerprint density at radius 3 is 2.25 bits per heavy atom. The van der Waals surface area contributed by atoms with Gasteiger partial charge in [-0.25, -0.2) is 0 Å². The Balaban J connectivity index is 1.38. The maximum Gasteiger partial charge on any atom is 0.253 e. The van der Waals surface area contributed by atoms with Crippen molar-refractivity contribution in [3.63, 3.8) is 0 Å². The second-order valence-corrected chi connectivity index (χ2v) is 8.76. The first-order valence-electron chi connectivity index (χ1n) is 11.5. The van der Waals surface area contributed by atoms with Gasteiger partial charge in [0.1, 0.15) is 0 Å². The zero-order valence-electron chi connectivity index (χ0n) is 18.9. The van der Waals surface area contributed by atoms with Gasteiger partial charge in [-0.3, -0.25) is 14.4 Å². The zero-order chi connectivity index (χ0) is 22.7. The molecule has 2 atom stereocenters. The van der Waals surface area contributed by atoms with E-state index in [1.54, 1.807) is 9.80 Å². The molecule has 2 fully saturated rings. The molecule has 2 aromatic carbocycles. The molecular weight excluding hydrogens is 402 g/mol. The van der Waals surface area contributed by atoms with Crippen molar-refractivity contribution < 1.29 is 14.4 Å². The van der Waals surface area contributed by atoms with E-state index in [9.17, 15) is 14.4 Å². The van der Waals surface area contributed by atoms with Crippen LogP contribution in [-0.2, 0) is 9.59 Å². The Morgan fingerprint density at radius 2 is 1.56 bits per heavy atom. The number of para-hydroxylation sites is 1. The first kappa shape index (κ1) is 22.1. The Hall–Kier alpha value is -3.15. The minimum absolute atomic E-state index is 0.00145. The molecule has 2 heterocycles. The first-order chi connectivity index (χ1) is 15.5. The van der Waals surface area contributed by atoms with Crippen LogP contribution in [0, 0.1) is 5.92 Å². The van der Waals surface area contributed by atoms with Crippen LogP contribution in [0.3, 0.4) is 0 Å². The highest BCUT2D eigenvalue weighted by Crippen LogP contribution is 2.34. The molecule has 0 N–H and O–H groups in total. The van der Waals surface area contributed by atoms with Gasteiger partial charge in [-0.1, -0.05) is 50.2 Å². The number of carbonyl (C=O) groups excluding carboxylic acids is 3. The summed E-state index contributed by atoms with van der Waals surface area (Å²) in [5.41, 5.74) is 2.76. The third-order valence-corrected chi connectivity index (χ3v) is 6.74. The minimum atomic E-state index is -0.330. The summed E-state index contributed by atoms with van der Waals surface area (Å²) in [5.74, 6) is 0.0556. The number of amides is 3. The second-order valence-electron chi connectivity index (χ2n) is 8.76. The molecule has 2 aliphatic heterocycles. The lowest BCUT2D eigenvalue weighted by Crippen LogP contribution is -2.52. The van der Waals surface area contributed by atoms with Gasteiger partial charge >= 0.3 is 0 Å². The zero-order valence-corrected chi connectivity index (χ0v) is 18.9. The summed E-state index contributed by atoms with van der Waals surface area (Å²) in [6.07, 6.45) is 1.24. The Labute approximate surface area is 189 Å². The highest BCUT2D eigenvalue weighted by atomic mass is 16.2. The average molecular weight is 434 g/mol. The fourth-order valence-electron chi connectivity index (χ4n) is 4.63. The van der Waals surface area contributed by atoms with Crippen LogP contribution in [0.4, 0.5) is 5.69 Å². The number of hydrogen-bond donors (Lipinski definition) is 0. The van der Waals surface area contributed by atoms with E-state index in [1.165, 1.54) is 0 Å². The van der Waals surface area contributed by atoms with E-state index in [-0.39, 0.29) is 30.1 Å². The monoisotopic (exact) mass is 433 g/mol. The molecule has 0 aromatic heterocycles. The summed E-state index contributed by atoms with van der Waals surface area (Å²) in [7, 11) is 0. The third-order valence-electron chi connectivity index (χ3n) is 6.74. The third kappa shape index (κ3) is 4.40. The van der Waals surface area contributed by atoms with Gasteiger partial charge in [0.05, 0.1) is 5.92 Å². The maximum atomic E-state index is 13.2. The number of carbonyl (C=O) groups is 3. The van der Waals surface area contributed by atoms with Gasteiger partial charge in [-0.05, 0) is 36.1 Å². The lowest BCUT2D eigenvalue weighted by Gasteiger charge is -2.36. The molecule has 6 heteroatoms. The van der Waals surface area contributed by atoms with Crippen molar-refractivity contribution in [1.82, 2.24) is 9.80 Å². The van der Waals surface area contributed by atoms with Crippen molar-refractivity contribution in [2.24, 2.45) is 5.92 Å². The van der Waals surface area contributed by atoms with Gasteiger partial charge in [0, 0.05) is 50.4 Å². The molecule has 0 saturated carbocycles. The van der Waals surface area contributed by atoms with Crippen molar-refractivity contribution in [3.8, 4) is 0 Å². The lowest BCUT2D eigenvalue weighted by atomic mass is 9.96. The summed E-state index contributed by atoms with van der Waals surface area (Å²) >= 11 is 0. The summed E-state index contributed by atoms with van der Waals surface area (Å²) in [4.78, 5) is 44.1. The van der Waals surface area contributed by atoms with E-state index in [2.05, 4.69) is 19.9 Å². The van der Waals surface area contributed by atoms with Crippen molar-refractivity contribution in [2.75, 3.05) is 37.6 Å². The Bertz CT molecular complexity index is 983. The Morgan fingerprint density at radius 1 is 0.938 bits per heavy atom. The van der Waals surface area contributed by atoms with Crippen molar-refractivity contribution in [2.45, 2.75) is 32.6 Å². The fraction of sp³-hybridized carbons (Fsp3) is 0.423. The predicted molar refractivity (Wildman–Crippen MR) is 125 cm³/mol. The van der Waals surface area contributed by atoms with E-state index in [0.717, 1.165) is 17.7 Å². The van der Waals surface area contributed by atoms with Gasteiger partial charge < -0.3 is 14.7 Å². The predicted octanol–water partition coefficient (Wildman–Crippen LogP) is 3.54. The molecule has 2 aromatic rings. The number of nitrogens with zero attached hydrogens (tertiary/aromatic N) is 3. The van der Waals surface area contributed by atoms with Gasteiger partial charge in [0.2, 0.25) is 11.8 Å². The van der Waals surface area contributed by atoms with Crippen LogP contribution in [0.5, 0.6) is 0 Å². The molecule has 3 amide bonds. The number of benzene rings is 2. The molecule has 32 heavy (non-hydrogen) atoms. The number of hydrogen-bond acceptors (Lipinski definition) is 3. The van der Waals surface area contributed by atoms with Crippen LogP contribution in [0.25, 0.3) is 0 Å². The van der Waals surface area contributed by atoms with Crippen molar-refractivity contribution in [3.05, 3.63) is 65.7 Å². The molecule has 2 aliphatic rings. The van der Waals surface area contributed by atoms with Crippen LogP contribution in [-0.4, -0.2) is 60.2 Å². The summed E-state index contributed by atoms with van der Waals surface area (Å²) in [6, 6.07) is 17.3. The topological polar surface area (TPSA) is 60.9 Å². The molecule has 0 bridgehead atoms. The summed E-state index contributed by atoms with van der Waals surface area (Å²) in [5, 5.41) is 0. The highest BCUT2D eigenvalue weighted by molar-refractivity contribution is 6.01. The van der Waals surface area contributed by atoms with E-state index < -0.39 is 0 Å². The van der Waals surface area contributed by atoms with Gasteiger partial charge in [-0.15, -0.1) is 0 Å². The molecule has 0 aliphatic carbocycles. The molecule has 4 rings (SSSR count). The number of anilines is 1. The lowest BCUT2D eigenvalue weighted by molar-refractivity contribution is -0.137. The SMILES string of the molecule is CCC(C)c1ccccc1N1CC(C(=O)N2CCN(C(=O)c3ccccc3)CC2)CC1=O. The highest BCUT2D eigenvalue weighted by Gasteiger charge is 2.39. The van der Waals surface area contributed by atoms with Crippen LogP contribution in [0.15, 0.2) is 54.6 Å². The quantitative estimate of drug-likeness (QED) is 0.725. The van der Waals surface area contributed by atoms with Crippen molar-refractivity contribution in [1.29, 1.82) is 0 Å². The first-order valence-corrected chi connectivity index (χ1v) is 11.5. The van der Waals surface area contributed by atoms with E-state index >= 15 is 0 Å². The second kappa shape index (κ2) is 9.55. The normalized spacial score (nSPS) is 19.9. The smallest absolute Gasteiger partial charge is 0.253 e. The maximum absolute atomic E-state index is 13.2. The van der Waals surface area contributed by atoms with E-state index in [0.29, 0.717) is 44.2 Å². The van der Waals surface area contributed by atoms with Crippen molar-refractivity contribution >= 4 is 23.4 Å². The van der Waals surface area contributed by atoms with Crippen LogP contribution >= 0.6 is 0 Å². The van der Waals surface area contributed by atoms with Gasteiger partial charge in [0.25, 0.3) is 5.91 Å². The molecular formula is C26H31N3O3. The molecule has 2 unspecified atom stereocenters. The number of piperazine rings is 1. The molecule has 168 valence electrons.